The molecule has 0 radical (unpaired) electrons. The Hall–Kier alpha value is -0.873. The molecule has 0 bridgehead atoms. The van der Waals surface area contributed by atoms with Crippen molar-refractivity contribution in [3.63, 3.8) is 0 Å². The molecule has 0 fully saturated rings. The first-order valence-corrected chi connectivity index (χ1v) is 12.4. The maximum atomic E-state index is 10.2. The molecule has 1 aromatic carbocycles. The van der Waals surface area contributed by atoms with E-state index in [1.807, 2.05) is 45.0 Å². The van der Waals surface area contributed by atoms with Gasteiger partial charge in [-0.25, -0.2) is 4.98 Å². The molecule has 0 spiro atoms. The third-order valence-electron chi connectivity index (χ3n) is 3.92. The number of aliphatic hydroxyl groups is 1. The van der Waals surface area contributed by atoms with Gasteiger partial charge in [-0.3, -0.25) is 0 Å². The van der Waals surface area contributed by atoms with Gasteiger partial charge in [0.1, 0.15) is 0 Å². The van der Waals surface area contributed by atoms with Crippen molar-refractivity contribution in [2.24, 2.45) is 0 Å². The lowest BCUT2D eigenvalue weighted by Gasteiger charge is -2.28. The van der Waals surface area contributed by atoms with Gasteiger partial charge in [-0.2, -0.15) is 0 Å². The van der Waals surface area contributed by atoms with Crippen LogP contribution in [0.1, 0.15) is 32.2 Å². The van der Waals surface area contributed by atoms with Gasteiger partial charge in [0.05, 0.1) is 27.9 Å². The Morgan fingerprint density at radius 1 is 1.07 bits per heavy atom. The van der Waals surface area contributed by atoms with Crippen molar-refractivity contribution in [2.45, 2.75) is 45.8 Å². The zero-order chi connectivity index (χ0) is 19.5. The molecule has 1 N–H and O–H groups in total. The molecule has 0 amide bonds. The third-order valence-corrected chi connectivity index (χ3v) is 8.13. The monoisotopic (exact) mass is 413 g/mol. The van der Waals surface area contributed by atoms with Crippen LogP contribution in [-0.4, -0.2) is 58.0 Å². The molecule has 1 heterocycles. The highest BCUT2D eigenvalue weighted by atomic mass is 32.1. The molecule has 8 heteroatoms. The number of rotatable bonds is 14. The fourth-order valence-corrected chi connectivity index (χ4v) is 6.50. The van der Waals surface area contributed by atoms with Crippen LogP contribution in [0.15, 0.2) is 24.3 Å². The molecule has 1 unspecified atom stereocenters. The van der Waals surface area contributed by atoms with Crippen LogP contribution < -0.4 is 0 Å². The van der Waals surface area contributed by atoms with Gasteiger partial charge in [-0.1, -0.05) is 12.1 Å². The van der Waals surface area contributed by atoms with Crippen LogP contribution in [0.25, 0.3) is 10.2 Å². The second-order valence-electron chi connectivity index (χ2n) is 6.09. The van der Waals surface area contributed by atoms with E-state index in [4.69, 9.17) is 18.0 Å². The summed E-state index contributed by atoms with van der Waals surface area (Å²) in [6.07, 6.45) is 0.729. The largest absolute Gasteiger partial charge is 0.501 e. The highest BCUT2D eigenvalue weighted by Crippen LogP contribution is 2.22. The fraction of sp³-hybridized carbons (Fsp3) is 0.632. The van der Waals surface area contributed by atoms with Gasteiger partial charge in [0.15, 0.2) is 0 Å². The van der Waals surface area contributed by atoms with Crippen molar-refractivity contribution in [3.05, 3.63) is 29.3 Å². The number of fused-ring (bicyclic) bond motifs is 1. The molecule has 27 heavy (non-hydrogen) atoms. The summed E-state index contributed by atoms with van der Waals surface area (Å²) in [6, 6.07) is 8.73. The van der Waals surface area contributed by atoms with Crippen LogP contribution in [0, 0.1) is 0 Å². The highest BCUT2D eigenvalue weighted by Gasteiger charge is 2.39. The molecule has 2 rings (SSSR count). The van der Waals surface area contributed by atoms with Crippen LogP contribution in [0.4, 0.5) is 0 Å². The number of hydrogen-bond acceptors (Lipinski definition) is 7. The Balaban J connectivity index is 1.71. The summed E-state index contributed by atoms with van der Waals surface area (Å²) in [5.74, 6) is 0. The summed E-state index contributed by atoms with van der Waals surface area (Å²) in [5, 5.41) is 11.1. The van der Waals surface area contributed by atoms with Crippen LogP contribution in [0.5, 0.6) is 0 Å². The highest BCUT2D eigenvalue weighted by molar-refractivity contribution is 7.18. The molecule has 1 aromatic heterocycles. The van der Waals surface area contributed by atoms with E-state index in [1.54, 1.807) is 11.3 Å². The fourth-order valence-electron chi connectivity index (χ4n) is 2.88. The number of benzene rings is 1. The van der Waals surface area contributed by atoms with E-state index in [2.05, 4.69) is 4.98 Å². The number of ether oxygens (including phenoxy) is 1. The number of aliphatic hydroxyl groups excluding tert-OH is 1. The van der Waals surface area contributed by atoms with Crippen LogP contribution >= 0.6 is 11.3 Å². The standard InChI is InChI=1S/C19H31NO5SSi/c1-4-23-27(24-5-2,25-6-3)13-9-12-22-15-16(21)14-19-20-17-10-7-8-11-18(17)26-19/h7-8,10-11,16,21H,4-6,9,12-15H2,1-3H3. The summed E-state index contributed by atoms with van der Waals surface area (Å²) in [7, 11) is -2.60. The van der Waals surface area contributed by atoms with Gasteiger partial charge in [0, 0.05) is 38.9 Å². The topological polar surface area (TPSA) is 70.0 Å². The van der Waals surface area contributed by atoms with Crippen molar-refractivity contribution in [3.8, 4) is 0 Å². The molecular weight excluding hydrogens is 382 g/mol. The van der Waals surface area contributed by atoms with Gasteiger partial charge in [0.2, 0.25) is 0 Å². The van der Waals surface area contributed by atoms with Crippen LogP contribution in [0.2, 0.25) is 6.04 Å². The Morgan fingerprint density at radius 2 is 1.74 bits per heavy atom. The summed E-state index contributed by atoms with van der Waals surface area (Å²) in [6.45, 7) is 8.43. The van der Waals surface area contributed by atoms with E-state index in [0.29, 0.717) is 39.5 Å². The number of thiazole rings is 1. The molecule has 0 aliphatic heterocycles. The Kier molecular flexibility index (Phi) is 9.84. The Labute approximate surface area is 166 Å². The third kappa shape index (κ3) is 7.23. The predicted octanol–water partition coefficient (Wildman–Crippen LogP) is 3.65. The lowest BCUT2D eigenvalue weighted by atomic mass is 10.3. The molecule has 0 saturated carbocycles. The Bertz CT molecular complexity index is 618. The van der Waals surface area contributed by atoms with E-state index in [-0.39, 0.29) is 0 Å². The lowest BCUT2D eigenvalue weighted by Crippen LogP contribution is -2.46. The predicted molar refractivity (Wildman–Crippen MR) is 110 cm³/mol. The maximum absolute atomic E-state index is 10.2. The second-order valence-corrected chi connectivity index (χ2v) is 9.94. The minimum absolute atomic E-state index is 0.294. The smallest absolute Gasteiger partial charge is 0.390 e. The van der Waals surface area contributed by atoms with Crippen LogP contribution in [0.3, 0.4) is 0 Å². The number of nitrogens with zero attached hydrogens (tertiary/aromatic N) is 1. The summed E-state index contributed by atoms with van der Waals surface area (Å²) in [5.41, 5.74) is 0.981. The van der Waals surface area contributed by atoms with E-state index >= 15 is 0 Å². The molecule has 0 saturated heterocycles. The minimum Gasteiger partial charge on any atom is -0.390 e. The molecular formula is C19H31NO5SSi. The van der Waals surface area contributed by atoms with Gasteiger partial charge in [-0.05, 0) is 39.3 Å². The SMILES string of the molecule is CCO[Si](CCCOCC(O)Cc1nc2ccccc2s1)(OCC)OCC. The summed E-state index contributed by atoms with van der Waals surface area (Å²) >= 11 is 1.62. The quantitative estimate of drug-likeness (QED) is 0.376. The average Bonchev–Trinajstić information content (AvgIpc) is 3.04. The zero-order valence-corrected chi connectivity index (χ0v) is 18.3. The lowest BCUT2D eigenvalue weighted by molar-refractivity contribution is 0.0327. The molecule has 0 aliphatic rings. The van der Waals surface area contributed by atoms with Crippen molar-refractivity contribution in [1.29, 1.82) is 0 Å². The summed E-state index contributed by atoms with van der Waals surface area (Å²) in [4.78, 5) is 4.55. The first-order chi connectivity index (χ1) is 13.1. The first kappa shape index (κ1) is 22.4. The zero-order valence-electron chi connectivity index (χ0n) is 16.5. The average molecular weight is 414 g/mol. The molecule has 6 nitrogen and oxygen atoms in total. The van der Waals surface area contributed by atoms with Crippen LogP contribution in [-0.2, 0) is 24.4 Å². The van der Waals surface area contributed by atoms with Gasteiger partial charge < -0.3 is 23.1 Å². The van der Waals surface area contributed by atoms with E-state index < -0.39 is 14.9 Å². The number of aromatic nitrogens is 1. The summed E-state index contributed by atoms with van der Waals surface area (Å²) < 4.78 is 24.3. The molecule has 1 atom stereocenters. The van der Waals surface area contributed by atoms with Crippen molar-refractivity contribution >= 4 is 30.4 Å². The molecule has 0 aliphatic carbocycles. The van der Waals surface area contributed by atoms with Crippen molar-refractivity contribution in [2.75, 3.05) is 33.0 Å². The second kappa shape index (κ2) is 11.9. The number of para-hydroxylation sites is 1. The molecule has 152 valence electrons. The minimum atomic E-state index is -2.60. The van der Waals surface area contributed by atoms with Gasteiger partial charge in [0.25, 0.3) is 0 Å². The number of hydrogen-bond donors (Lipinski definition) is 1. The van der Waals surface area contributed by atoms with Crippen molar-refractivity contribution < 1.29 is 23.1 Å². The normalized spacial score (nSPS) is 13.3. The Morgan fingerprint density at radius 3 is 2.37 bits per heavy atom. The van der Waals surface area contributed by atoms with Gasteiger partial charge in [-0.15, -0.1) is 11.3 Å². The van der Waals surface area contributed by atoms with Gasteiger partial charge >= 0.3 is 8.80 Å². The maximum Gasteiger partial charge on any atom is 0.501 e. The molecule has 2 aromatic rings. The van der Waals surface area contributed by atoms with E-state index in [0.717, 1.165) is 27.7 Å². The first-order valence-electron chi connectivity index (χ1n) is 9.64. The van der Waals surface area contributed by atoms with E-state index in [9.17, 15) is 5.11 Å². The van der Waals surface area contributed by atoms with E-state index in [1.165, 1.54) is 0 Å². The van der Waals surface area contributed by atoms with Crippen molar-refractivity contribution in [1.82, 2.24) is 4.98 Å².